The van der Waals surface area contributed by atoms with Crippen molar-refractivity contribution < 1.29 is 18.0 Å². The van der Waals surface area contributed by atoms with E-state index in [0.717, 1.165) is 4.90 Å². The maximum absolute atomic E-state index is 14.1. The predicted molar refractivity (Wildman–Crippen MR) is 83.0 cm³/mol. The number of anilines is 1. The molecule has 0 aromatic heterocycles. The first-order valence-corrected chi connectivity index (χ1v) is 7.34. The van der Waals surface area contributed by atoms with E-state index in [1.807, 2.05) is 0 Å². The van der Waals surface area contributed by atoms with Crippen LogP contribution in [0.25, 0.3) is 0 Å². The first-order chi connectivity index (χ1) is 10.8. The van der Waals surface area contributed by atoms with Gasteiger partial charge in [0.25, 0.3) is 0 Å². The molecule has 0 spiro atoms. The summed E-state index contributed by atoms with van der Waals surface area (Å²) >= 11 is 6.03. The highest BCUT2D eigenvalue weighted by molar-refractivity contribution is 6.35. The van der Waals surface area contributed by atoms with Crippen LogP contribution in [-0.4, -0.2) is 19.0 Å². The third-order valence-corrected chi connectivity index (χ3v) is 4.66. The number of halogens is 4. The number of hydrogen-bond donors (Lipinski definition) is 0. The summed E-state index contributed by atoms with van der Waals surface area (Å²) in [4.78, 5) is 13.6. The van der Waals surface area contributed by atoms with Crippen molar-refractivity contribution in [3.05, 3.63) is 64.7 Å². The molecule has 0 saturated carbocycles. The highest BCUT2D eigenvalue weighted by Gasteiger charge is 2.62. The van der Waals surface area contributed by atoms with E-state index in [2.05, 4.69) is 0 Å². The Morgan fingerprint density at radius 2 is 1.74 bits per heavy atom. The molecule has 0 bridgehead atoms. The van der Waals surface area contributed by atoms with E-state index < -0.39 is 23.9 Å². The molecule has 6 heteroatoms. The minimum absolute atomic E-state index is 0.0361. The summed E-state index contributed by atoms with van der Waals surface area (Å²) in [6.07, 6.45) is -5.33. The van der Waals surface area contributed by atoms with Gasteiger partial charge in [0.15, 0.2) is 11.3 Å². The Kier molecular flexibility index (Phi) is 3.64. The quantitative estimate of drug-likeness (QED) is 0.742. The molecule has 2 aromatic carbocycles. The van der Waals surface area contributed by atoms with Crippen molar-refractivity contribution in [2.24, 2.45) is 0 Å². The zero-order valence-corrected chi connectivity index (χ0v) is 12.9. The van der Waals surface area contributed by atoms with Gasteiger partial charge in [0, 0.05) is 19.2 Å². The second kappa shape index (κ2) is 5.27. The van der Waals surface area contributed by atoms with Gasteiger partial charge in [0.05, 0.1) is 10.6 Å². The smallest absolute Gasteiger partial charge is 0.356 e. The van der Waals surface area contributed by atoms with Gasteiger partial charge in [-0.1, -0.05) is 48.0 Å². The topological polar surface area (TPSA) is 20.3 Å². The summed E-state index contributed by atoms with van der Waals surface area (Å²) in [7, 11) is 1.35. The van der Waals surface area contributed by atoms with Crippen LogP contribution in [-0.2, 0) is 5.54 Å². The van der Waals surface area contributed by atoms with Gasteiger partial charge in [-0.05, 0) is 17.7 Å². The van der Waals surface area contributed by atoms with Crippen LogP contribution in [0.3, 0.4) is 0 Å². The Hall–Kier alpha value is -2.01. The average molecular weight is 340 g/mol. The highest BCUT2D eigenvalue weighted by Crippen LogP contribution is 2.52. The summed E-state index contributed by atoms with van der Waals surface area (Å²) in [5.41, 5.74) is -2.03. The van der Waals surface area contributed by atoms with Crippen LogP contribution >= 0.6 is 11.6 Å². The van der Waals surface area contributed by atoms with Crippen LogP contribution in [0, 0.1) is 0 Å². The summed E-state index contributed by atoms with van der Waals surface area (Å²) in [6, 6.07) is 12.0. The Morgan fingerprint density at radius 3 is 2.35 bits per heavy atom. The fraction of sp³-hybridized carbons (Fsp3) is 0.235. The van der Waals surface area contributed by atoms with E-state index in [-0.39, 0.29) is 21.8 Å². The third-order valence-electron chi connectivity index (χ3n) is 4.34. The molecule has 0 saturated heterocycles. The molecule has 0 N–H and O–H groups in total. The monoisotopic (exact) mass is 339 g/mol. The van der Waals surface area contributed by atoms with E-state index in [9.17, 15) is 18.0 Å². The molecule has 0 amide bonds. The molecule has 0 fully saturated rings. The zero-order chi connectivity index (χ0) is 16.8. The lowest BCUT2D eigenvalue weighted by Crippen LogP contribution is -2.58. The normalized spacial score (nSPS) is 21.3. The fourth-order valence-corrected chi connectivity index (χ4v) is 3.45. The van der Waals surface area contributed by atoms with Crippen LogP contribution in [0.2, 0.25) is 5.02 Å². The Balaban J connectivity index is 2.30. The van der Waals surface area contributed by atoms with Gasteiger partial charge in [-0.15, -0.1) is 0 Å². The number of nitrogens with zero attached hydrogens (tertiary/aromatic N) is 1. The third kappa shape index (κ3) is 2.22. The molecule has 3 rings (SSSR count). The number of carbonyl (C=O) groups is 1. The lowest BCUT2D eigenvalue weighted by molar-refractivity contribution is -0.190. The summed E-state index contributed by atoms with van der Waals surface area (Å²) in [6.45, 7) is 0. The van der Waals surface area contributed by atoms with E-state index in [0.29, 0.717) is 0 Å². The predicted octanol–water partition coefficient (Wildman–Crippen LogP) is 4.82. The molecular weight excluding hydrogens is 327 g/mol. The lowest BCUT2D eigenvalue weighted by Gasteiger charge is -2.47. The molecule has 0 unspecified atom stereocenters. The highest BCUT2D eigenvalue weighted by atomic mass is 35.5. The molecule has 1 atom stereocenters. The summed E-state index contributed by atoms with van der Waals surface area (Å²) in [5.74, 6) is -0.607. The average Bonchev–Trinajstić information content (AvgIpc) is 2.50. The largest absolute Gasteiger partial charge is 0.416 e. The van der Waals surface area contributed by atoms with Gasteiger partial charge < -0.3 is 4.90 Å². The molecule has 120 valence electrons. The van der Waals surface area contributed by atoms with Crippen molar-refractivity contribution in [3.63, 3.8) is 0 Å². The van der Waals surface area contributed by atoms with Gasteiger partial charge in [-0.25, -0.2) is 0 Å². The molecule has 1 aliphatic rings. The summed E-state index contributed by atoms with van der Waals surface area (Å²) < 4.78 is 42.2. The zero-order valence-electron chi connectivity index (χ0n) is 12.2. The number of Topliss-reactive ketones (excluding diaryl/α,β-unsaturated/α-hetero) is 1. The van der Waals surface area contributed by atoms with E-state index >= 15 is 0 Å². The second-order valence-corrected chi connectivity index (χ2v) is 5.92. The van der Waals surface area contributed by atoms with Gasteiger partial charge in [0.1, 0.15) is 0 Å². The Labute approximate surface area is 136 Å². The minimum Gasteiger partial charge on any atom is -0.356 e. The number of benzene rings is 2. The molecule has 2 aromatic rings. The number of fused-ring (bicyclic) bond motifs is 1. The van der Waals surface area contributed by atoms with Gasteiger partial charge >= 0.3 is 6.18 Å². The molecule has 2 nitrogen and oxygen atoms in total. The lowest BCUT2D eigenvalue weighted by atomic mass is 9.77. The van der Waals surface area contributed by atoms with Crippen LogP contribution in [0.4, 0.5) is 18.9 Å². The van der Waals surface area contributed by atoms with Crippen LogP contribution < -0.4 is 4.90 Å². The van der Waals surface area contributed by atoms with Crippen molar-refractivity contribution in [1.82, 2.24) is 0 Å². The number of rotatable bonds is 1. The van der Waals surface area contributed by atoms with Crippen molar-refractivity contribution in [2.75, 3.05) is 11.9 Å². The number of ketones is 1. The Morgan fingerprint density at radius 1 is 1.09 bits per heavy atom. The van der Waals surface area contributed by atoms with Gasteiger partial charge in [0.2, 0.25) is 0 Å². The van der Waals surface area contributed by atoms with Crippen LogP contribution in [0.15, 0.2) is 48.5 Å². The maximum Gasteiger partial charge on any atom is 0.416 e. The second-order valence-electron chi connectivity index (χ2n) is 5.52. The molecular formula is C17H13ClF3NO. The number of hydrogen-bond acceptors (Lipinski definition) is 2. The minimum atomic E-state index is -4.63. The molecule has 0 radical (unpaired) electrons. The SMILES string of the molecule is CN1c2cccc(Cl)c2C(=O)C[C@@]1(c1ccccc1)C(F)(F)F. The van der Waals surface area contributed by atoms with Gasteiger partial charge in [-0.3, -0.25) is 4.79 Å². The maximum atomic E-state index is 14.1. The molecule has 0 aliphatic carbocycles. The van der Waals surface area contributed by atoms with Gasteiger partial charge in [-0.2, -0.15) is 13.2 Å². The van der Waals surface area contributed by atoms with E-state index in [4.69, 9.17) is 11.6 Å². The number of carbonyl (C=O) groups excluding carboxylic acids is 1. The molecule has 1 aliphatic heterocycles. The molecule has 23 heavy (non-hydrogen) atoms. The van der Waals surface area contributed by atoms with E-state index in [1.165, 1.54) is 43.4 Å². The van der Waals surface area contributed by atoms with Crippen LogP contribution in [0.5, 0.6) is 0 Å². The van der Waals surface area contributed by atoms with Crippen molar-refractivity contribution in [1.29, 1.82) is 0 Å². The number of alkyl halides is 3. The first kappa shape index (κ1) is 15.9. The van der Waals surface area contributed by atoms with Crippen molar-refractivity contribution in [3.8, 4) is 0 Å². The van der Waals surface area contributed by atoms with Crippen molar-refractivity contribution in [2.45, 2.75) is 18.1 Å². The standard InChI is InChI=1S/C17H13ClF3NO/c1-22-13-9-5-8-12(18)15(13)14(23)10-16(22,17(19,20)21)11-6-3-2-4-7-11/h2-9H,10H2,1H3/t16-/m1/s1. The fourth-order valence-electron chi connectivity index (χ4n) is 3.18. The summed E-state index contributed by atoms with van der Waals surface area (Å²) in [5, 5.41) is 0.170. The van der Waals surface area contributed by atoms with Crippen LogP contribution in [0.1, 0.15) is 22.3 Å². The first-order valence-electron chi connectivity index (χ1n) is 6.97. The van der Waals surface area contributed by atoms with E-state index in [1.54, 1.807) is 12.1 Å². The Bertz CT molecular complexity index is 760. The van der Waals surface area contributed by atoms with Crippen molar-refractivity contribution >= 4 is 23.1 Å². The molecule has 1 heterocycles.